The van der Waals surface area contributed by atoms with E-state index in [1.165, 1.54) is 18.2 Å². The quantitative estimate of drug-likeness (QED) is 0.808. The molecule has 0 saturated heterocycles. The molecule has 0 aromatic heterocycles. The van der Waals surface area contributed by atoms with Gasteiger partial charge in [-0.1, -0.05) is 24.3 Å². The van der Waals surface area contributed by atoms with E-state index in [1.54, 1.807) is 18.2 Å². The van der Waals surface area contributed by atoms with Crippen molar-refractivity contribution in [3.63, 3.8) is 0 Å². The van der Waals surface area contributed by atoms with Crippen LogP contribution in [0.1, 0.15) is 5.56 Å². The predicted octanol–water partition coefficient (Wildman–Crippen LogP) is 2.29. The number of alkyl halides is 2. The molecule has 2 nitrogen and oxygen atoms in total. The third-order valence-electron chi connectivity index (χ3n) is 1.50. The number of aliphatic hydroxyl groups excluding tert-OH is 1. The van der Waals surface area contributed by atoms with Gasteiger partial charge in [-0.3, -0.25) is 0 Å². The molecule has 0 heterocycles. The maximum atomic E-state index is 11.8. The summed E-state index contributed by atoms with van der Waals surface area (Å²) in [6.07, 6.45) is 3.14. The van der Waals surface area contributed by atoms with E-state index in [4.69, 9.17) is 5.11 Å². The molecule has 1 rings (SSSR count). The van der Waals surface area contributed by atoms with Crippen molar-refractivity contribution in [2.75, 3.05) is 6.61 Å². The van der Waals surface area contributed by atoms with E-state index in [0.717, 1.165) is 0 Å². The Hall–Kier alpha value is -1.42. The molecule has 0 unspecified atom stereocenters. The molecular formula is C10H10F2O2. The summed E-state index contributed by atoms with van der Waals surface area (Å²) in [5.41, 5.74) is 0.706. The smallest absolute Gasteiger partial charge is 0.387 e. The Labute approximate surface area is 80.4 Å². The average molecular weight is 200 g/mol. The molecule has 0 aliphatic rings. The van der Waals surface area contributed by atoms with Crippen LogP contribution < -0.4 is 4.74 Å². The number of benzene rings is 1. The number of rotatable bonds is 4. The molecule has 0 radical (unpaired) electrons. The van der Waals surface area contributed by atoms with Gasteiger partial charge >= 0.3 is 6.61 Å². The molecule has 0 amide bonds. The minimum absolute atomic E-state index is 0.0834. The molecule has 76 valence electrons. The number of hydrogen-bond donors (Lipinski definition) is 1. The maximum absolute atomic E-state index is 11.8. The second kappa shape index (κ2) is 5.34. The second-order valence-corrected chi connectivity index (χ2v) is 2.54. The van der Waals surface area contributed by atoms with Gasteiger partial charge in [-0.2, -0.15) is 8.78 Å². The lowest BCUT2D eigenvalue weighted by atomic mass is 10.2. The molecule has 0 saturated carbocycles. The summed E-state index contributed by atoms with van der Waals surface area (Å²) in [5, 5.41) is 8.50. The van der Waals surface area contributed by atoms with Crippen molar-refractivity contribution in [3.8, 4) is 5.75 Å². The largest absolute Gasteiger partial charge is 0.435 e. The fraction of sp³-hybridized carbons (Fsp3) is 0.200. The minimum atomic E-state index is -2.81. The highest BCUT2D eigenvalue weighted by Gasteiger charge is 2.03. The zero-order valence-electron chi connectivity index (χ0n) is 7.36. The molecule has 0 atom stereocenters. The Kier molecular flexibility index (Phi) is 4.07. The monoisotopic (exact) mass is 200 g/mol. The molecule has 14 heavy (non-hydrogen) atoms. The first-order valence-corrected chi connectivity index (χ1v) is 4.04. The standard InChI is InChI=1S/C10H10F2O2/c11-10(12)14-9-5-1-3-8(7-9)4-2-6-13/h1-5,7,10,13H,6H2/b4-2+. The number of ether oxygens (including phenoxy) is 1. The van der Waals surface area contributed by atoms with Gasteiger partial charge in [0, 0.05) is 0 Å². The SMILES string of the molecule is OC/C=C/c1cccc(OC(F)F)c1. The first kappa shape index (κ1) is 10.7. The summed E-state index contributed by atoms with van der Waals surface area (Å²) in [6.45, 7) is -2.90. The van der Waals surface area contributed by atoms with E-state index in [0.29, 0.717) is 5.56 Å². The van der Waals surface area contributed by atoms with E-state index in [1.807, 2.05) is 0 Å². The number of hydrogen-bond acceptors (Lipinski definition) is 2. The van der Waals surface area contributed by atoms with Crippen LogP contribution >= 0.6 is 0 Å². The molecule has 0 aliphatic carbocycles. The molecule has 1 N–H and O–H groups in total. The van der Waals surface area contributed by atoms with Crippen LogP contribution in [0.4, 0.5) is 8.78 Å². The molecule has 1 aromatic rings. The van der Waals surface area contributed by atoms with Gasteiger partial charge in [0.2, 0.25) is 0 Å². The summed E-state index contributed by atoms with van der Waals surface area (Å²) >= 11 is 0. The first-order valence-electron chi connectivity index (χ1n) is 4.04. The molecule has 0 aliphatic heterocycles. The highest BCUT2D eigenvalue weighted by atomic mass is 19.3. The summed E-state index contributed by atoms with van der Waals surface area (Å²) in [4.78, 5) is 0. The van der Waals surface area contributed by atoms with Gasteiger partial charge in [0.15, 0.2) is 0 Å². The summed E-state index contributed by atoms with van der Waals surface area (Å²) < 4.78 is 27.9. The second-order valence-electron chi connectivity index (χ2n) is 2.54. The molecule has 0 bridgehead atoms. The van der Waals surface area contributed by atoms with Crippen LogP contribution in [0.2, 0.25) is 0 Å². The normalized spacial score (nSPS) is 11.1. The van der Waals surface area contributed by atoms with Crippen molar-refractivity contribution in [1.29, 1.82) is 0 Å². The van der Waals surface area contributed by atoms with Crippen LogP contribution in [-0.2, 0) is 0 Å². The highest BCUT2D eigenvalue weighted by molar-refractivity contribution is 5.51. The van der Waals surface area contributed by atoms with Crippen molar-refractivity contribution < 1.29 is 18.6 Å². The van der Waals surface area contributed by atoms with Gasteiger partial charge in [0.25, 0.3) is 0 Å². The van der Waals surface area contributed by atoms with E-state index in [-0.39, 0.29) is 12.4 Å². The Bertz CT molecular complexity index is 311. The van der Waals surface area contributed by atoms with E-state index in [2.05, 4.69) is 4.74 Å². The molecule has 0 fully saturated rings. The van der Waals surface area contributed by atoms with Crippen LogP contribution in [0.15, 0.2) is 30.3 Å². The van der Waals surface area contributed by atoms with Crippen LogP contribution in [0.5, 0.6) is 5.75 Å². The van der Waals surface area contributed by atoms with Crippen LogP contribution in [-0.4, -0.2) is 18.3 Å². The summed E-state index contributed by atoms with van der Waals surface area (Å²) in [7, 11) is 0. The highest BCUT2D eigenvalue weighted by Crippen LogP contribution is 2.16. The third-order valence-corrected chi connectivity index (χ3v) is 1.50. The van der Waals surface area contributed by atoms with Crippen molar-refractivity contribution in [2.24, 2.45) is 0 Å². The van der Waals surface area contributed by atoms with E-state index >= 15 is 0 Å². The van der Waals surface area contributed by atoms with Crippen LogP contribution in [0, 0.1) is 0 Å². The van der Waals surface area contributed by atoms with Gasteiger partial charge in [0.1, 0.15) is 5.75 Å². The Balaban J connectivity index is 2.73. The number of aliphatic hydroxyl groups is 1. The van der Waals surface area contributed by atoms with Gasteiger partial charge in [-0.15, -0.1) is 0 Å². The van der Waals surface area contributed by atoms with Gasteiger partial charge in [-0.25, -0.2) is 0 Å². The minimum Gasteiger partial charge on any atom is -0.435 e. The lowest BCUT2D eigenvalue weighted by Crippen LogP contribution is -2.01. The van der Waals surface area contributed by atoms with Crippen LogP contribution in [0.25, 0.3) is 6.08 Å². The van der Waals surface area contributed by atoms with Gasteiger partial charge < -0.3 is 9.84 Å². The molecule has 1 aromatic carbocycles. The molecular weight excluding hydrogens is 190 g/mol. The first-order chi connectivity index (χ1) is 6.72. The Morgan fingerprint density at radius 2 is 2.21 bits per heavy atom. The number of halogens is 2. The van der Waals surface area contributed by atoms with Gasteiger partial charge in [-0.05, 0) is 17.7 Å². The maximum Gasteiger partial charge on any atom is 0.387 e. The topological polar surface area (TPSA) is 29.5 Å². The lowest BCUT2D eigenvalue weighted by molar-refractivity contribution is -0.0498. The summed E-state index contributed by atoms with van der Waals surface area (Å²) in [5.74, 6) is 0.111. The van der Waals surface area contributed by atoms with Crippen molar-refractivity contribution in [3.05, 3.63) is 35.9 Å². The fourth-order valence-electron chi connectivity index (χ4n) is 0.983. The molecule has 0 spiro atoms. The van der Waals surface area contributed by atoms with Crippen molar-refractivity contribution in [2.45, 2.75) is 6.61 Å². The van der Waals surface area contributed by atoms with Gasteiger partial charge in [0.05, 0.1) is 6.61 Å². The molecule has 4 heteroatoms. The van der Waals surface area contributed by atoms with E-state index in [9.17, 15) is 8.78 Å². The Morgan fingerprint density at radius 3 is 2.86 bits per heavy atom. The predicted molar refractivity (Wildman–Crippen MR) is 49.2 cm³/mol. The fourth-order valence-corrected chi connectivity index (χ4v) is 0.983. The average Bonchev–Trinajstić information content (AvgIpc) is 2.14. The van der Waals surface area contributed by atoms with Crippen molar-refractivity contribution in [1.82, 2.24) is 0 Å². The van der Waals surface area contributed by atoms with E-state index < -0.39 is 6.61 Å². The lowest BCUT2D eigenvalue weighted by Gasteiger charge is -2.04. The van der Waals surface area contributed by atoms with Crippen molar-refractivity contribution >= 4 is 6.08 Å². The Morgan fingerprint density at radius 1 is 1.43 bits per heavy atom. The van der Waals surface area contributed by atoms with Crippen LogP contribution in [0.3, 0.4) is 0 Å². The summed E-state index contributed by atoms with van der Waals surface area (Å²) in [6, 6.07) is 6.25. The zero-order chi connectivity index (χ0) is 10.4. The zero-order valence-corrected chi connectivity index (χ0v) is 7.36. The third kappa shape index (κ3) is 3.53.